The maximum atomic E-state index is 10.6. The molecule has 0 aromatic rings. The molecule has 1 aliphatic rings. The van der Waals surface area contributed by atoms with Crippen LogP contribution in [0, 0.1) is 0 Å². The van der Waals surface area contributed by atoms with E-state index >= 15 is 0 Å². The van der Waals surface area contributed by atoms with Gasteiger partial charge in [0.1, 0.15) is 0 Å². The van der Waals surface area contributed by atoms with Gasteiger partial charge in [0.05, 0.1) is 6.61 Å². The number of rotatable bonds is 0. The van der Waals surface area contributed by atoms with Crippen molar-refractivity contribution in [2.24, 2.45) is 5.73 Å². The molecule has 1 atom stereocenters. The van der Waals surface area contributed by atoms with Crippen LogP contribution >= 0.6 is 0 Å². The van der Waals surface area contributed by atoms with Crippen LogP contribution in [0.5, 0.6) is 0 Å². The van der Waals surface area contributed by atoms with Crippen molar-refractivity contribution in [1.29, 1.82) is 0 Å². The number of carbonyl (C=O) groups excluding carboxylic acids is 1. The summed E-state index contributed by atoms with van der Waals surface area (Å²) in [6.45, 7) is 0.500. The van der Waals surface area contributed by atoms with E-state index in [0.717, 1.165) is 12.8 Å². The minimum atomic E-state index is -0.108. The van der Waals surface area contributed by atoms with Crippen LogP contribution in [0.3, 0.4) is 0 Å². The molecular formula is C6H17N3O2. The number of cyclic esters (lactones) is 1. The fraction of sp³-hybridized carbons (Fsp3) is 0.833. The van der Waals surface area contributed by atoms with Crippen molar-refractivity contribution in [2.45, 2.75) is 25.3 Å². The van der Waals surface area contributed by atoms with E-state index in [1.54, 1.807) is 0 Å². The van der Waals surface area contributed by atoms with Crippen molar-refractivity contribution in [3.63, 3.8) is 0 Å². The highest BCUT2D eigenvalue weighted by atomic mass is 16.5. The summed E-state index contributed by atoms with van der Waals surface area (Å²) in [5.41, 5.74) is 5.56. The van der Waals surface area contributed by atoms with Crippen LogP contribution in [-0.4, -0.2) is 18.6 Å². The van der Waals surface area contributed by atoms with E-state index in [1.165, 1.54) is 0 Å². The molecule has 8 N–H and O–H groups in total. The molecule has 1 heterocycles. The first-order valence-electron chi connectivity index (χ1n) is 3.20. The monoisotopic (exact) mass is 163 g/mol. The lowest BCUT2D eigenvalue weighted by molar-refractivity contribution is -0.142. The Labute approximate surface area is 66.4 Å². The van der Waals surface area contributed by atoms with Gasteiger partial charge in [-0.3, -0.25) is 4.79 Å². The highest BCUT2D eigenvalue weighted by Gasteiger charge is 2.12. The smallest absolute Gasteiger partial charge is 0.305 e. The summed E-state index contributed by atoms with van der Waals surface area (Å²) in [7, 11) is 0. The first-order valence-corrected chi connectivity index (χ1v) is 3.20. The number of carbonyl (C=O) groups is 1. The molecule has 68 valence electrons. The van der Waals surface area contributed by atoms with Crippen LogP contribution in [-0.2, 0) is 9.53 Å². The summed E-state index contributed by atoms with van der Waals surface area (Å²) in [5.74, 6) is -0.108. The number of ether oxygens (including phenoxy) is 1. The molecule has 0 aliphatic carbocycles. The van der Waals surface area contributed by atoms with Crippen molar-refractivity contribution in [3.05, 3.63) is 0 Å². The molecule has 0 aromatic carbocycles. The van der Waals surface area contributed by atoms with Crippen LogP contribution < -0.4 is 18.0 Å². The molecule has 11 heavy (non-hydrogen) atoms. The molecular weight excluding hydrogens is 146 g/mol. The minimum Gasteiger partial charge on any atom is -0.466 e. The van der Waals surface area contributed by atoms with Crippen LogP contribution in [0.15, 0.2) is 0 Å². The Morgan fingerprint density at radius 2 is 2.00 bits per heavy atom. The predicted molar refractivity (Wildman–Crippen MR) is 42.8 cm³/mol. The Morgan fingerprint density at radius 1 is 1.36 bits per heavy atom. The molecule has 0 amide bonds. The van der Waals surface area contributed by atoms with Crippen molar-refractivity contribution < 1.29 is 9.53 Å². The number of nitrogens with two attached hydrogens (primary N) is 1. The second-order valence-corrected chi connectivity index (χ2v) is 2.31. The second kappa shape index (κ2) is 6.09. The Morgan fingerprint density at radius 3 is 2.64 bits per heavy atom. The molecule has 0 bridgehead atoms. The molecule has 1 aliphatic heterocycles. The molecule has 0 radical (unpaired) electrons. The Kier molecular flexibility index (Phi) is 7.18. The zero-order valence-electron chi connectivity index (χ0n) is 6.71. The largest absolute Gasteiger partial charge is 0.466 e. The van der Waals surface area contributed by atoms with E-state index in [4.69, 9.17) is 10.5 Å². The first kappa shape index (κ1) is 13.0. The van der Waals surface area contributed by atoms with Gasteiger partial charge in [-0.15, -0.1) is 0 Å². The normalized spacial score (nSPS) is 23.7. The lowest BCUT2D eigenvalue weighted by Crippen LogP contribution is -2.19. The molecule has 1 rings (SSSR count). The maximum Gasteiger partial charge on any atom is 0.305 e. The third-order valence-corrected chi connectivity index (χ3v) is 1.47. The van der Waals surface area contributed by atoms with Crippen LogP contribution in [0.4, 0.5) is 0 Å². The topological polar surface area (TPSA) is 122 Å². The fourth-order valence-electron chi connectivity index (χ4n) is 0.844. The van der Waals surface area contributed by atoms with Gasteiger partial charge in [-0.2, -0.15) is 0 Å². The van der Waals surface area contributed by atoms with Crippen molar-refractivity contribution in [3.8, 4) is 0 Å². The fourth-order valence-corrected chi connectivity index (χ4v) is 0.844. The van der Waals surface area contributed by atoms with Gasteiger partial charge in [0, 0.05) is 12.5 Å². The molecule has 0 spiro atoms. The van der Waals surface area contributed by atoms with Gasteiger partial charge < -0.3 is 22.8 Å². The van der Waals surface area contributed by atoms with Crippen LogP contribution in [0.1, 0.15) is 19.3 Å². The van der Waals surface area contributed by atoms with Gasteiger partial charge in [-0.25, -0.2) is 0 Å². The molecule has 1 unspecified atom stereocenters. The average molecular weight is 163 g/mol. The summed E-state index contributed by atoms with van der Waals surface area (Å²) >= 11 is 0. The van der Waals surface area contributed by atoms with Crippen molar-refractivity contribution in [2.75, 3.05) is 6.61 Å². The highest BCUT2D eigenvalue weighted by molar-refractivity contribution is 5.69. The summed E-state index contributed by atoms with van der Waals surface area (Å²) in [6, 6.07) is 0.163. The van der Waals surface area contributed by atoms with Crippen LogP contribution in [0.25, 0.3) is 0 Å². The first-order chi connectivity index (χ1) is 4.29. The minimum absolute atomic E-state index is 0. The van der Waals surface area contributed by atoms with Gasteiger partial charge in [0.25, 0.3) is 0 Å². The quantitative estimate of drug-likeness (QED) is 0.445. The van der Waals surface area contributed by atoms with E-state index < -0.39 is 0 Å². The Hall–Kier alpha value is -0.650. The van der Waals surface area contributed by atoms with E-state index in [9.17, 15) is 4.79 Å². The third-order valence-electron chi connectivity index (χ3n) is 1.47. The zero-order chi connectivity index (χ0) is 6.69. The molecule has 1 saturated heterocycles. The predicted octanol–water partition coefficient (Wildman–Crippen LogP) is 0.365. The molecule has 0 saturated carbocycles. The average Bonchev–Trinajstić information content (AvgIpc) is 1.97. The molecule has 0 aromatic heterocycles. The van der Waals surface area contributed by atoms with Crippen LogP contribution in [0.2, 0.25) is 0 Å². The van der Waals surface area contributed by atoms with E-state index in [-0.39, 0.29) is 24.3 Å². The molecule has 1 fully saturated rings. The van der Waals surface area contributed by atoms with Gasteiger partial charge in [0.15, 0.2) is 0 Å². The van der Waals surface area contributed by atoms with Crippen molar-refractivity contribution >= 4 is 5.97 Å². The van der Waals surface area contributed by atoms with E-state index in [0.29, 0.717) is 13.0 Å². The van der Waals surface area contributed by atoms with Crippen molar-refractivity contribution in [1.82, 2.24) is 12.3 Å². The third kappa shape index (κ3) is 4.72. The standard InChI is InChI=1S/C6H11NO2.2H3N/c7-5-1-2-6(8)9-4-3-5;;/h5H,1-4,7H2;2*1H3. The van der Waals surface area contributed by atoms with Gasteiger partial charge >= 0.3 is 5.97 Å². The summed E-state index contributed by atoms with van der Waals surface area (Å²) in [4.78, 5) is 10.6. The SMILES string of the molecule is N.N.NC1CCOC(=O)CC1. The van der Waals surface area contributed by atoms with Gasteiger partial charge in [-0.1, -0.05) is 0 Å². The summed E-state index contributed by atoms with van der Waals surface area (Å²) in [6.07, 6.45) is 2.08. The van der Waals surface area contributed by atoms with Gasteiger partial charge in [-0.05, 0) is 12.8 Å². The summed E-state index contributed by atoms with van der Waals surface area (Å²) in [5, 5.41) is 0. The Bertz CT molecular complexity index is 118. The highest BCUT2D eigenvalue weighted by Crippen LogP contribution is 2.05. The lowest BCUT2D eigenvalue weighted by Gasteiger charge is -2.01. The molecule has 5 heteroatoms. The zero-order valence-corrected chi connectivity index (χ0v) is 6.71. The molecule has 5 nitrogen and oxygen atoms in total. The van der Waals surface area contributed by atoms with E-state index in [1.807, 2.05) is 0 Å². The second-order valence-electron chi connectivity index (χ2n) is 2.31. The number of esters is 1. The number of hydrogen-bond acceptors (Lipinski definition) is 5. The summed E-state index contributed by atoms with van der Waals surface area (Å²) < 4.78 is 4.75. The Balaban J connectivity index is 0. The van der Waals surface area contributed by atoms with Gasteiger partial charge in [0.2, 0.25) is 0 Å². The van der Waals surface area contributed by atoms with E-state index in [2.05, 4.69) is 0 Å². The number of hydrogen-bond donors (Lipinski definition) is 3. The lowest BCUT2D eigenvalue weighted by atomic mass is 10.1. The maximum absolute atomic E-state index is 10.6.